The number of likely N-dealkylation sites (N-methyl/N-ethyl adjacent to an activating group) is 1. The van der Waals surface area contributed by atoms with Crippen molar-refractivity contribution in [1.82, 2.24) is 4.90 Å². The molecule has 2 heterocycles. The lowest BCUT2D eigenvalue weighted by atomic mass is 9.87. The molecule has 1 fully saturated rings. The van der Waals surface area contributed by atoms with E-state index < -0.39 is 17.4 Å². The Hall–Kier alpha value is -2.12. The summed E-state index contributed by atoms with van der Waals surface area (Å²) in [4.78, 5) is 29.5. The summed E-state index contributed by atoms with van der Waals surface area (Å²) in [6, 6.07) is 9.74. The van der Waals surface area contributed by atoms with E-state index in [2.05, 4.69) is 11.8 Å². The molecular weight excluding hydrogens is 437 g/mol. The van der Waals surface area contributed by atoms with Crippen molar-refractivity contribution < 1.29 is 14.7 Å². The quantitative estimate of drug-likeness (QED) is 0.712. The smallest absolute Gasteiger partial charge is 0.268 e. The molecule has 0 saturated carbocycles. The number of rotatable bonds is 5. The average molecular weight is 462 g/mol. The van der Waals surface area contributed by atoms with Gasteiger partial charge in [0.05, 0.1) is 10.7 Å². The van der Waals surface area contributed by atoms with E-state index in [0.29, 0.717) is 12.2 Å². The van der Waals surface area contributed by atoms with Crippen LogP contribution in [0.25, 0.3) is 0 Å². The van der Waals surface area contributed by atoms with Crippen LogP contribution in [0.2, 0.25) is 10.0 Å². The van der Waals surface area contributed by atoms with Crippen molar-refractivity contribution in [3.05, 3.63) is 63.1 Å². The highest BCUT2D eigenvalue weighted by atomic mass is 35.5. The van der Waals surface area contributed by atoms with Gasteiger partial charge in [-0.05, 0) is 44.1 Å². The molecule has 2 amide bonds. The van der Waals surface area contributed by atoms with Gasteiger partial charge in [-0.15, -0.1) is 0 Å². The SMILES string of the molecule is CCN1CCCCC1CN1C(=O)C(O)(c2ccccc2Cl)c2c(Cl)cc(C(N)=O)cc21. The summed E-state index contributed by atoms with van der Waals surface area (Å²) in [5.74, 6) is -1.18. The maximum absolute atomic E-state index is 13.8. The molecule has 0 aliphatic carbocycles. The summed E-state index contributed by atoms with van der Waals surface area (Å²) in [6.45, 7) is 4.31. The first-order valence-corrected chi connectivity index (χ1v) is 11.2. The van der Waals surface area contributed by atoms with Gasteiger partial charge in [0.2, 0.25) is 5.91 Å². The molecule has 2 unspecified atom stereocenters. The van der Waals surface area contributed by atoms with E-state index >= 15 is 0 Å². The number of likely N-dealkylation sites (tertiary alicyclic amines) is 1. The predicted molar refractivity (Wildman–Crippen MR) is 122 cm³/mol. The first-order chi connectivity index (χ1) is 14.8. The van der Waals surface area contributed by atoms with E-state index in [1.54, 1.807) is 24.3 Å². The van der Waals surface area contributed by atoms with Crippen LogP contribution in [0, 0.1) is 0 Å². The van der Waals surface area contributed by atoms with Crippen LogP contribution in [0.3, 0.4) is 0 Å². The molecule has 31 heavy (non-hydrogen) atoms. The largest absolute Gasteiger partial charge is 0.372 e. The number of hydrogen-bond acceptors (Lipinski definition) is 4. The highest BCUT2D eigenvalue weighted by molar-refractivity contribution is 6.35. The van der Waals surface area contributed by atoms with Gasteiger partial charge in [-0.2, -0.15) is 0 Å². The van der Waals surface area contributed by atoms with Crippen LogP contribution < -0.4 is 10.6 Å². The molecule has 2 aliphatic rings. The van der Waals surface area contributed by atoms with Crippen LogP contribution in [0.5, 0.6) is 0 Å². The van der Waals surface area contributed by atoms with Crippen molar-refractivity contribution in [2.75, 3.05) is 24.5 Å². The van der Waals surface area contributed by atoms with Crippen LogP contribution in [-0.4, -0.2) is 47.5 Å². The van der Waals surface area contributed by atoms with Crippen molar-refractivity contribution in [3.63, 3.8) is 0 Å². The van der Waals surface area contributed by atoms with Gasteiger partial charge in [0.1, 0.15) is 0 Å². The number of benzene rings is 2. The molecular formula is C23H25Cl2N3O3. The Labute approximate surface area is 191 Å². The Balaban J connectivity index is 1.87. The van der Waals surface area contributed by atoms with Crippen LogP contribution >= 0.6 is 23.2 Å². The average Bonchev–Trinajstić information content (AvgIpc) is 2.97. The van der Waals surface area contributed by atoms with Gasteiger partial charge in [0.25, 0.3) is 5.91 Å². The van der Waals surface area contributed by atoms with E-state index in [0.717, 1.165) is 32.4 Å². The number of anilines is 1. The molecule has 2 aromatic rings. The van der Waals surface area contributed by atoms with Crippen molar-refractivity contribution in [1.29, 1.82) is 0 Å². The van der Waals surface area contributed by atoms with Crippen LogP contribution in [0.1, 0.15) is 47.7 Å². The molecule has 0 spiro atoms. The zero-order valence-corrected chi connectivity index (χ0v) is 18.8. The first-order valence-electron chi connectivity index (χ1n) is 10.5. The Morgan fingerprint density at radius 2 is 1.97 bits per heavy atom. The van der Waals surface area contributed by atoms with Crippen LogP contribution in [0.15, 0.2) is 36.4 Å². The third kappa shape index (κ3) is 3.61. The second-order valence-electron chi connectivity index (χ2n) is 8.10. The van der Waals surface area contributed by atoms with Crippen molar-refractivity contribution in [2.45, 2.75) is 37.8 Å². The van der Waals surface area contributed by atoms with Gasteiger partial charge in [-0.1, -0.05) is 54.7 Å². The third-order valence-electron chi connectivity index (χ3n) is 6.37. The topological polar surface area (TPSA) is 86.9 Å². The minimum Gasteiger partial charge on any atom is -0.372 e. The monoisotopic (exact) mass is 461 g/mol. The molecule has 4 rings (SSSR count). The molecule has 1 saturated heterocycles. The number of amides is 2. The minimum atomic E-state index is -2.05. The van der Waals surface area contributed by atoms with Gasteiger partial charge < -0.3 is 15.7 Å². The molecule has 6 nitrogen and oxygen atoms in total. The Kier molecular flexibility index (Phi) is 6.01. The van der Waals surface area contributed by atoms with Crippen LogP contribution in [0.4, 0.5) is 5.69 Å². The van der Waals surface area contributed by atoms with Gasteiger partial charge in [0, 0.05) is 34.3 Å². The maximum Gasteiger partial charge on any atom is 0.268 e. The number of nitrogens with two attached hydrogens (primary N) is 1. The maximum atomic E-state index is 13.8. The van der Waals surface area contributed by atoms with Gasteiger partial charge in [-0.3, -0.25) is 14.5 Å². The normalized spacial score (nSPS) is 23.8. The number of aliphatic hydroxyl groups is 1. The lowest BCUT2D eigenvalue weighted by molar-refractivity contribution is -0.132. The number of fused-ring (bicyclic) bond motifs is 1. The summed E-state index contributed by atoms with van der Waals surface area (Å²) in [7, 11) is 0. The fourth-order valence-electron chi connectivity index (χ4n) is 4.80. The first kappa shape index (κ1) is 22.1. The fraction of sp³-hybridized carbons (Fsp3) is 0.391. The zero-order valence-electron chi connectivity index (χ0n) is 17.3. The highest BCUT2D eigenvalue weighted by Gasteiger charge is 2.54. The summed E-state index contributed by atoms with van der Waals surface area (Å²) in [5, 5.41) is 12.2. The van der Waals surface area contributed by atoms with Crippen molar-refractivity contribution in [3.8, 4) is 0 Å². The van der Waals surface area contributed by atoms with Gasteiger partial charge in [-0.25, -0.2) is 0 Å². The summed E-state index contributed by atoms with van der Waals surface area (Å²) in [6.07, 6.45) is 3.14. The zero-order chi connectivity index (χ0) is 22.3. The molecule has 0 bridgehead atoms. The van der Waals surface area contributed by atoms with Gasteiger partial charge in [0.15, 0.2) is 5.60 Å². The number of hydrogen-bond donors (Lipinski definition) is 2. The molecule has 164 valence electrons. The van der Waals surface area contributed by atoms with E-state index in [-0.39, 0.29) is 32.8 Å². The van der Waals surface area contributed by atoms with Crippen LogP contribution in [-0.2, 0) is 10.4 Å². The second-order valence-corrected chi connectivity index (χ2v) is 8.92. The van der Waals surface area contributed by atoms with E-state index in [4.69, 9.17) is 28.9 Å². The molecule has 0 aromatic heterocycles. The number of carbonyl (C=O) groups is 2. The molecule has 2 atom stereocenters. The van der Waals surface area contributed by atoms with E-state index in [9.17, 15) is 14.7 Å². The summed E-state index contributed by atoms with van der Waals surface area (Å²) >= 11 is 12.9. The molecule has 0 radical (unpaired) electrons. The lowest BCUT2D eigenvalue weighted by Crippen LogP contribution is -2.50. The number of halogens is 2. The number of nitrogens with zero attached hydrogens (tertiary/aromatic N) is 2. The fourth-order valence-corrected chi connectivity index (χ4v) is 5.42. The Bertz CT molecular complexity index is 1040. The molecule has 2 aliphatic heterocycles. The Morgan fingerprint density at radius 1 is 1.23 bits per heavy atom. The number of primary amides is 1. The number of piperidine rings is 1. The number of carbonyl (C=O) groups excluding carboxylic acids is 2. The highest BCUT2D eigenvalue weighted by Crippen LogP contribution is 2.50. The molecule has 2 aromatic carbocycles. The van der Waals surface area contributed by atoms with Crippen molar-refractivity contribution in [2.24, 2.45) is 5.73 Å². The predicted octanol–water partition coefficient (Wildman–Crippen LogP) is 3.55. The van der Waals surface area contributed by atoms with Crippen molar-refractivity contribution >= 4 is 40.7 Å². The lowest BCUT2D eigenvalue weighted by Gasteiger charge is -2.37. The molecule has 8 heteroatoms. The van der Waals surface area contributed by atoms with E-state index in [1.807, 2.05) is 0 Å². The summed E-state index contributed by atoms with van der Waals surface area (Å²) in [5.41, 5.74) is 4.52. The standard InChI is InChI=1S/C23H25Cl2N3O3/c1-2-27-10-6-5-7-15(27)13-28-19-12-14(21(26)29)11-18(25)20(19)23(31,22(28)30)16-8-3-4-9-17(16)24/h3-4,8-9,11-12,15,31H,2,5-7,10,13H2,1H3,(H2,26,29). The second kappa shape index (κ2) is 8.43. The Morgan fingerprint density at radius 3 is 2.65 bits per heavy atom. The summed E-state index contributed by atoms with van der Waals surface area (Å²) < 4.78 is 0. The van der Waals surface area contributed by atoms with E-state index in [1.165, 1.54) is 17.0 Å². The van der Waals surface area contributed by atoms with Gasteiger partial charge >= 0.3 is 0 Å². The minimum absolute atomic E-state index is 0.0977. The third-order valence-corrected chi connectivity index (χ3v) is 7.00. The molecule has 3 N–H and O–H groups in total.